The predicted molar refractivity (Wildman–Crippen MR) is 71.2 cm³/mol. The summed E-state index contributed by atoms with van der Waals surface area (Å²) >= 11 is 6.00. The van der Waals surface area contributed by atoms with Crippen LogP contribution in [0.15, 0.2) is 17.1 Å². The fraction of sp³-hybridized carbons (Fsp3) is 0.500. The molecule has 1 aliphatic heterocycles. The molecule has 18 heavy (non-hydrogen) atoms. The minimum atomic E-state index is -0.272. The lowest BCUT2D eigenvalue weighted by Crippen LogP contribution is -2.35. The van der Waals surface area contributed by atoms with E-state index in [1.807, 2.05) is 0 Å². The molecule has 1 saturated heterocycles. The van der Waals surface area contributed by atoms with Crippen LogP contribution in [0.3, 0.4) is 0 Å². The number of aromatic nitrogens is 1. The molecular weight excluding hydrogens is 254 g/mol. The zero-order valence-corrected chi connectivity index (χ0v) is 11.0. The molecule has 98 valence electrons. The highest BCUT2D eigenvalue weighted by atomic mass is 35.5. The number of piperidine rings is 1. The van der Waals surface area contributed by atoms with E-state index in [0.29, 0.717) is 5.02 Å². The molecule has 2 N–H and O–H groups in total. The molecular formula is C12H16ClN3O2. The van der Waals surface area contributed by atoms with Crippen LogP contribution in [0.4, 0.5) is 5.69 Å². The quantitative estimate of drug-likeness (QED) is 0.853. The van der Waals surface area contributed by atoms with Crippen molar-refractivity contribution in [2.75, 3.05) is 18.4 Å². The van der Waals surface area contributed by atoms with Gasteiger partial charge in [-0.15, -0.1) is 0 Å². The van der Waals surface area contributed by atoms with Crippen molar-refractivity contribution in [2.45, 2.75) is 25.8 Å². The van der Waals surface area contributed by atoms with E-state index in [2.05, 4.69) is 10.6 Å². The van der Waals surface area contributed by atoms with Crippen LogP contribution < -0.4 is 16.2 Å². The molecule has 5 nitrogen and oxygen atoms in total. The summed E-state index contributed by atoms with van der Waals surface area (Å²) in [6.45, 7) is 3.15. The van der Waals surface area contributed by atoms with E-state index in [4.69, 9.17) is 11.6 Å². The number of amides is 1. The second-order valence-electron chi connectivity index (χ2n) is 4.45. The Hall–Kier alpha value is -1.33. The number of hydrogen-bond acceptors (Lipinski definition) is 3. The number of carbonyl (C=O) groups is 1. The Balaban J connectivity index is 2.37. The lowest BCUT2D eigenvalue weighted by Gasteiger charge is -2.25. The molecule has 1 aromatic heterocycles. The van der Waals surface area contributed by atoms with Gasteiger partial charge in [-0.05, 0) is 32.0 Å². The first-order valence-corrected chi connectivity index (χ1v) is 6.35. The molecule has 1 fully saturated rings. The Morgan fingerprint density at radius 3 is 2.78 bits per heavy atom. The molecule has 6 heteroatoms. The summed E-state index contributed by atoms with van der Waals surface area (Å²) in [5.74, 6) is -0.272. The van der Waals surface area contributed by atoms with Crippen molar-refractivity contribution in [1.82, 2.24) is 9.88 Å². The van der Waals surface area contributed by atoms with Crippen LogP contribution in [0, 0.1) is 0 Å². The number of nitrogens with one attached hydrogen (secondary N) is 2. The lowest BCUT2D eigenvalue weighted by molar-refractivity contribution is -0.114. The maximum Gasteiger partial charge on any atom is 0.274 e. The molecule has 1 aliphatic rings. The number of rotatable bonds is 2. The highest BCUT2D eigenvalue weighted by molar-refractivity contribution is 6.30. The molecule has 2 heterocycles. The third kappa shape index (κ3) is 2.91. The normalized spacial score (nSPS) is 16.6. The van der Waals surface area contributed by atoms with Gasteiger partial charge >= 0.3 is 0 Å². The van der Waals surface area contributed by atoms with E-state index in [1.165, 1.54) is 13.0 Å². The van der Waals surface area contributed by atoms with Gasteiger partial charge < -0.3 is 15.2 Å². The maximum atomic E-state index is 12.2. The van der Waals surface area contributed by atoms with E-state index in [-0.39, 0.29) is 23.2 Å². The number of anilines is 1. The maximum absolute atomic E-state index is 12.2. The van der Waals surface area contributed by atoms with Crippen LogP contribution in [0.1, 0.15) is 25.8 Å². The first-order valence-electron chi connectivity index (χ1n) is 5.98. The molecule has 0 bridgehead atoms. The van der Waals surface area contributed by atoms with E-state index in [1.54, 1.807) is 10.8 Å². The van der Waals surface area contributed by atoms with Crippen LogP contribution in [0.5, 0.6) is 0 Å². The number of nitrogens with zero attached hydrogens (tertiary/aromatic N) is 1. The summed E-state index contributed by atoms with van der Waals surface area (Å²) in [6.07, 6.45) is 3.42. The van der Waals surface area contributed by atoms with Gasteiger partial charge in [0.15, 0.2) is 0 Å². The summed E-state index contributed by atoms with van der Waals surface area (Å²) in [7, 11) is 0. The minimum Gasteiger partial charge on any atom is -0.322 e. The van der Waals surface area contributed by atoms with Gasteiger partial charge in [0.05, 0.1) is 5.02 Å². The fourth-order valence-corrected chi connectivity index (χ4v) is 2.42. The van der Waals surface area contributed by atoms with Crippen molar-refractivity contribution >= 4 is 23.2 Å². The highest BCUT2D eigenvalue weighted by Crippen LogP contribution is 2.20. The molecule has 0 aromatic carbocycles. The topological polar surface area (TPSA) is 63.1 Å². The van der Waals surface area contributed by atoms with Gasteiger partial charge in [0.1, 0.15) is 5.69 Å². The van der Waals surface area contributed by atoms with Crippen LogP contribution in [-0.4, -0.2) is 23.6 Å². The predicted octanol–water partition coefficient (Wildman–Crippen LogP) is 1.38. The van der Waals surface area contributed by atoms with Crippen LogP contribution in [-0.2, 0) is 4.79 Å². The highest BCUT2D eigenvalue weighted by Gasteiger charge is 2.18. The molecule has 1 amide bonds. The molecule has 1 aromatic rings. The standard InChI is InChI=1S/C12H16ClN3O2/c1-8(17)15-11-6-9(13)7-16(12(11)18)10-2-4-14-5-3-10/h6-7,10,14H,2-5H2,1H3,(H,15,17). The molecule has 0 spiro atoms. The fourth-order valence-electron chi connectivity index (χ4n) is 2.20. The molecule has 2 rings (SSSR count). The summed E-state index contributed by atoms with van der Waals surface area (Å²) in [4.78, 5) is 23.3. The van der Waals surface area contributed by atoms with Crippen LogP contribution in [0.25, 0.3) is 0 Å². The van der Waals surface area contributed by atoms with Gasteiger partial charge in [-0.25, -0.2) is 0 Å². The first kappa shape index (κ1) is 13.1. The lowest BCUT2D eigenvalue weighted by atomic mass is 10.1. The Labute approximate surface area is 110 Å². The summed E-state index contributed by atoms with van der Waals surface area (Å²) in [6, 6.07) is 1.63. The third-order valence-corrected chi connectivity index (χ3v) is 3.23. The molecule has 0 aliphatic carbocycles. The minimum absolute atomic E-state index is 0.143. The smallest absolute Gasteiger partial charge is 0.274 e. The summed E-state index contributed by atoms with van der Waals surface area (Å²) in [5.41, 5.74) is 0.0510. The monoisotopic (exact) mass is 269 g/mol. The second-order valence-corrected chi connectivity index (χ2v) is 4.88. The second kappa shape index (κ2) is 5.54. The first-order chi connectivity index (χ1) is 8.58. The zero-order valence-electron chi connectivity index (χ0n) is 10.2. The molecule has 0 saturated carbocycles. The van der Waals surface area contributed by atoms with Crippen molar-refractivity contribution in [1.29, 1.82) is 0 Å². The Kier molecular flexibility index (Phi) is 4.04. The number of carbonyl (C=O) groups excluding carboxylic acids is 1. The van der Waals surface area contributed by atoms with E-state index < -0.39 is 0 Å². The largest absolute Gasteiger partial charge is 0.322 e. The van der Waals surface area contributed by atoms with Crippen molar-refractivity contribution in [3.63, 3.8) is 0 Å². The number of pyridine rings is 1. The molecule has 0 radical (unpaired) electrons. The Morgan fingerprint density at radius 2 is 2.17 bits per heavy atom. The van der Waals surface area contributed by atoms with Gasteiger partial charge in [0, 0.05) is 19.2 Å². The van der Waals surface area contributed by atoms with E-state index in [9.17, 15) is 9.59 Å². The van der Waals surface area contributed by atoms with Crippen molar-refractivity contribution < 1.29 is 4.79 Å². The van der Waals surface area contributed by atoms with Crippen molar-refractivity contribution in [2.24, 2.45) is 0 Å². The Morgan fingerprint density at radius 1 is 1.50 bits per heavy atom. The van der Waals surface area contributed by atoms with Crippen LogP contribution in [0.2, 0.25) is 5.02 Å². The summed E-state index contributed by atoms with van der Waals surface area (Å²) < 4.78 is 1.63. The number of hydrogen-bond donors (Lipinski definition) is 2. The van der Waals surface area contributed by atoms with Gasteiger partial charge in [-0.3, -0.25) is 9.59 Å². The average Bonchev–Trinajstić information content (AvgIpc) is 2.34. The number of halogens is 1. The van der Waals surface area contributed by atoms with Gasteiger partial charge in [0.2, 0.25) is 5.91 Å². The average molecular weight is 270 g/mol. The van der Waals surface area contributed by atoms with E-state index >= 15 is 0 Å². The Bertz CT molecular complexity index is 507. The van der Waals surface area contributed by atoms with Crippen molar-refractivity contribution in [3.05, 3.63) is 27.6 Å². The summed E-state index contributed by atoms with van der Waals surface area (Å²) in [5, 5.41) is 6.22. The third-order valence-electron chi connectivity index (χ3n) is 3.02. The molecule has 0 atom stereocenters. The zero-order chi connectivity index (χ0) is 13.1. The van der Waals surface area contributed by atoms with Crippen molar-refractivity contribution in [3.8, 4) is 0 Å². The van der Waals surface area contributed by atoms with Gasteiger partial charge in [0.25, 0.3) is 5.56 Å². The SMILES string of the molecule is CC(=O)Nc1cc(Cl)cn(C2CCNCC2)c1=O. The van der Waals surface area contributed by atoms with Gasteiger partial charge in [-0.1, -0.05) is 11.6 Å². The molecule has 0 unspecified atom stereocenters. The van der Waals surface area contributed by atoms with E-state index in [0.717, 1.165) is 25.9 Å². The van der Waals surface area contributed by atoms with Gasteiger partial charge in [-0.2, -0.15) is 0 Å². The van der Waals surface area contributed by atoms with Crippen LogP contribution >= 0.6 is 11.6 Å².